The van der Waals surface area contributed by atoms with Crippen LogP contribution in [0.4, 0.5) is 0 Å². The molecule has 0 aliphatic rings. The largest absolute Gasteiger partial charge is 0.349 e. The molecule has 0 aliphatic heterocycles. The molecule has 0 saturated heterocycles. The van der Waals surface area contributed by atoms with E-state index in [0.29, 0.717) is 0 Å². The van der Waals surface area contributed by atoms with Gasteiger partial charge in [0.2, 0.25) is 0 Å². The van der Waals surface area contributed by atoms with Crippen molar-refractivity contribution in [3.05, 3.63) is 59.4 Å². The molecule has 1 aromatic heterocycles. The third kappa shape index (κ3) is 2.65. The van der Waals surface area contributed by atoms with Crippen molar-refractivity contribution in [1.29, 1.82) is 0 Å². The standard InChI is InChI=1S/C15H13N/c1-2-6-14-11-12-15(16-14)10-9-13-7-4-3-5-8-13/h3-5,7-12,16H,1H3/b10-9+. The molecule has 0 bridgehead atoms. The Morgan fingerprint density at radius 1 is 1.00 bits per heavy atom. The first-order chi connectivity index (χ1) is 7.88. The van der Waals surface area contributed by atoms with E-state index >= 15 is 0 Å². The molecule has 0 unspecified atom stereocenters. The zero-order valence-corrected chi connectivity index (χ0v) is 9.20. The molecule has 0 radical (unpaired) electrons. The summed E-state index contributed by atoms with van der Waals surface area (Å²) in [6.45, 7) is 1.83. The maximum Gasteiger partial charge on any atom is 0.0897 e. The summed E-state index contributed by atoms with van der Waals surface area (Å²) in [5.41, 5.74) is 3.22. The predicted octanol–water partition coefficient (Wildman–Crippen LogP) is 3.56. The molecule has 0 fully saturated rings. The van der Waals surface area contributed by atoms with Crippen LogP contribution < -0.4 is 0 Å². The minimum atomic E-state index is 0.954. The summed E-state index contributed by atoms with van der Waals surface area (Å²) in [4.78, 5) is 3.22. The lowest BCUT2D eigenvalue weighted by atomic mass is 10.2. The third-order valence-corrected chi connectivity index (χ3v) is 2.22. The summed E-state index contributed by atoms with van der Waals surface area (Å²) in [5.74, 6) is 5.85. The molecule has 1 heterocycles. The zero-order valence-electron chi connectivity index (χ0n) is 9.20. The smallest absolute Gasteiger partial charge is 0.0897 e. The van der Waals surface area contributed by atoms with Gasteiger partial charge >= 0.3 is 0 Å². The molecule has 2 rings (SSSR count). The topological polar surface area (TPSA) is 15.8 Å². The second kappa shape index (κ2) is 5.04. The van der Waals surface area contributed by atoms with E-state index in [0.717, 1.165) is 11.4 Å². The molecular formula is C15H13N. The summed E-state index contributed by atoms with van der Waals surface area (Å²) in [7, 11) is 0. The zero-order chi connectivity index (χ0) is 11.2. The van der Waals surface area contributed by atoms with Gasteiger partial charge in [0.25, 0.3) is 0 Å². The summed E-state index contributed by atoms with van der Waals surface area (Å²) in [6, 6.07) is 14.2. The Balaban J connectivity index is 2.14. The highest BCUT2D eigenvalue weighted by atomic mass is 14.7. The highest BCUT2D eigenvalue weighted by molar-refractivity contribution is 5.68. The lowest BCUT2D eigenvalue weighted by Crippen LogP contribution is -1.74. The van der Waals surface area contributed by atoms with Gasteiger partial charge in [-0.15, -0.1) is 0 Å². The summed E-state index contributed by atoms with van der Waals surface area (Å²) < 4.78 is 0. The number of H-pyrrole nitrogens is 1. The van der Waals surface area contributed by atoms with Crippen LogP contribution in [0.25, 0.3) is 12.2 Å². The SMILES string of the molecule is CC#Cc1ccc(/C=C/c2ccccc2)[nH]1. The second-order valence-corrected chi connectivity index (χ2v) is 3.45. The normalized spacial score (nSPS) is 10.1. The molecule has 1 N–H and O–H groups in total. The number of hydrogen-bond acceptors (Lipinski definition) is 0. The van der Waals surface area contributed by atoms with Crippen molar-refractivity contribution >= 4 is 12.2 Å². The fourth-order valence-electron chi connectivity index (χ4n) is 1.47. The summed E-state index contributed by atoms with van der Waals surface area (Å²) in [6.07, 6.45) is 4.13. The van der Waals surface area contributed by atoms with Crippen LogP contribution >= 0.6 is 0 Å². The third-order valence-electron chi connectivity index (χ3n) is 2.22. The quantitative estimate of drug-likeness (QED) is 0.725. The van der Waals surface area contributed by atoms with Crippen molar-refractivity contribution in [2.24, 2.45) is 0 Å². The number of aromatic amines is 1. The van der Waals surface area contributed by atoms with Gasteiger partial charge in [-0.1, -0.05) is 42.3 Å². The molecule has 0 atom stereocenters. The molecule has 0 amide bonds. The first-order valence-corrected chi connectivity index (χ1v) is 5.23. The van der Waals surface area contributed by atoms with E-state index in [1.165, 1.54) is 5.56 Å². The van der Waals surface area contributed by atoms with Crippen LogP contribution in [0.15, 0.2) is 42.5 Å². The van der Waals surface area contributed by atoms with Crippen molar-refractivity contribution in [2.75, 3.05) is 0 Å². The molecule has 1 nitrogen and oxygen atoms in total. The van der Waals surface area contributed by atoms with Crippen LogP contribution in [0.2, 0.25) is 0 Å². The Morgan fingerprint density at radius 3 is 2.56 bits per heavy atom. The average molecular weight is 207 g/mol. The van der Waals surface area contributed by atoms with E-state index in [9.17, 15) is 0 Å². The van der Waals surface area contributed by atoms with Gasteiger partial charge in [0.05, 0.1) is 5.69 Å². The Labute approximate surface area is 95.8 Å². The van der Waals surface area contributed by atoms with E-state index in [1.54, 1.807) is 0 Å². The Bertz CT molecular complexity index is 536. The predicted molar refractivity (Wildman–Crippen MR) is 68.7 cm³/mol. The van der Waals surface area contributed by atoms with Crippen molar-refractivity contribution < 1.29 is 0 Å². The highest BCUT2D eigenvalue weighted by Crippen LogP contribution is 2.07. The van der Waals surface area contributed by atoms with Crippen LogP contribution in [0.1, 0.15) is 23.9 Å². The Hall–Kier alpha value is -2.20. The molecular weight excluding hydrogens is 194 g/mol. The number of hydrogen-bond donors (Lipinski definition) is 1. The molecule has 0 spiro atoms. The Kier molecular flexibility index (Phi) is 3.25. The first-order valence-electron chi connectivity index (χ1n) is 5.23. The average Bonchev–Trinajstić information content (AvgIpc) is 2.76. The van der Waals surface area contributed by atoms with Crippen LogP contribution in [-0.2, 0) is 0 Å². The number of benzene rings is 1. The minimum Gasteiger partial charge on any atom is -0.349 e. The Morgan fingerprint density at radius 2 is 1.81 bits per heavy atom. The van der Waals surface area contributed by atoms with Crippen LogP contribution in [-0.4, -0.2) is 4.98 Å². The number of aromatic nitrogens is 1. The summed E-state index contributed by atoms with van der Waals surface area (Å²) in [5, 5.41) is 0. The van der Waals surface area contributed by atoms with E-state index < -0.39 is 0 Å². The van der Waals surface area contributed by atoms with Crippen molar-refractivity contribution in [1.82, 2.24) is 4.98 Å². The molecule has 1 aromatic carbocycles. The lowest BCUT2D eigenvalue weighted by Gasteiger charge is -1.90. The summed E-state index contributed by atoms with van der Waals surface area (Å²) >= 11 is 0. The number of nitrogens with one attached hydrogen (secondary N) is 1. The molecule has 78 valence electrons. The van der Waals surface area contributed by atoms with Crippen molar-refractivity contribution in [3.63, 3.8) is 0 Å². The lowest BCUT2D eigenvalue weighted by molar-refractivity contribution is 1.34. The van der Waals surface area contributed by atoms with Gasteiger partial charge in [-0.25, -0.2) is 0 Å². The van der Waals surface area contributed by atoms with Crippen molar-refractivity contribution in [3.8, 4) is 11.8 Å². The van der Waals surface area contributed by atoms with Gasteiger partial charge in [-0.05, 0) is 36.6 Å². The molecule has 1 heteroatoms. The van der Waals surface area contributed by atoms with Gasteiger partial charge in [-0.2, -0.15) is 0 Å². The monoisotopic (exact) mass is 207 g/mol. The fourth-order valence-corrected chi connectivity index (χ4v) is 1.47. The highest BCUT2D eigenvalue weighted by Gasteiger charge is 1.91. The van der Waals surface area contributed by atoms with E-state index in [-0.39, 0.29) is 0 Å². The number of rotatable bonds is 2. The molecule has 0 saturated carbocycles. The molecule has 0 aliphatic carbocycles. The van der Waals surface area contributed by atoms with Gasteiger partial charge in [0.15, 0.2) is 0 Å². The van der Waals surface area contributed by atoms with Gasteiger partial charge in [0, 0.05) is 5.69 Å². The molecule has 2 aromatic rings. The van der Waals surface area contributed by atoms with Gasteiger partial charge < -0.3 is 4.98 Å². The van der Waals surface area contributed by atoms with Gasteiger partial charge in [0.1, 0.15) is 0 Å². The molecule has 16 heavy (non-hydrogen) atoms. The van der Waals surface area contributed by atoms with E-state index in [2.05, 4.69) is 41.1 Å². The minimum absolute atomic E-state index is 0.954. The van der Waals surface area contributed by atoms with Crippen LogP contribution in [0, 0.1) is 11.8 Å². The van der Waals surface area contributed by atoms with Crippen LogP contribution in [0.3, 0.4) is 0 Å². The first kappa shape index (κ1) is 10.3. The maximum atomic E-state index is 3.22. The van der Waals surface area contributed by atoms with E-state index in [4.69, 9.17) is 0 Å². The van der Waals surface area contributed by atoms with Crippen LogP contribution in [0.5, 0.6) is 0 Å². The van der Waals surface area contributed by atoms with Gasteiger partial charge in [-0.3, -0.25) is 0 Å². The maximum absolute atomic E-state index is 3.22. The fraction of sp³-hybridized carbons (Fsp3) is 0.0667. The second-order valence-electron chi connectivity index (χ2n) is 3.45. The van der Waals surface area contributed by atoms with Crippen molar-refractivity contribution in [2.45, 2.75) is 6.92 Å². The van der Waals surface area contributed by atoms with E-state index in [1.807, 2.05) is 37.3 Å².